The molecule has 2 aliphatic heterocycles. The fourth-order valence-corrected chi connectivity index (χ4v) is 8.09. The molecular weight excluding hydrogens is 512 g/mol. The molecule has 0 spiro atoms. The third-order valence-electron chi connectivity index (χ3n) is 9.91. The lowest BCUT2D eigenvalue weighted by Crippen LogP contribution is -2.72. The van der Waals surface area contributed by atoms with E-state index in [-0.39, 0.29) is 40.3 Å². The van der Waals surface area contributed by atoms with E-state index < -0.39 is 11.6 Å². The van der Waals surface area contributed by atoms with Crippen molar-refractivity contribution in [1.82, 2.24) is 19.9 Å². The summed E-state index contributed by atoms with van der Waals surface area (Å²) in [5, 5.41) is 14.7. The number of nitrogens with one attached hydrogen (secondary N) is 1. The van der Waals surface area contributed by atoms with Gasteiger partial charge in [0.25, 0.3) is 0 Å². The van der Waals surface area contributed by atoms with E-state index in [1.165, 1.54) is 6.07 Å². The van der Waals surface area contributed by atoms with Crippen LogP contribution in [0.1, 0.15) is 44.9 Å². The van der Waals surface area contributed by atoms with Crippen LogP contribution in [0.3, 0.4) is 0 Å². The Bertz CT molecular complexity index is 1640. The van der Waals surface area contributed by atoms with Crippen molar-refractivity contribution < 1.29 is 18.6 Å². The molecule has 0 radical (unpaired) electrons. The fraction of sp³-hybridized carbons (Fsp3) is 0.452. The van der Waals surface area contributed by atoms with Gasteiger partial charge in [-0.1, -0.05) is 30.3 Å². The molecule has 2 aromatic heterocycles. The Kier molecular flexibility index (Phi) is 5.20. The molecule has 4 heterocycles. The van der Waals surface area contributed by atoms with Crippen molar-refractivity contribution in [2.45, 2.75) is 56.0 Å². The van der Waals surface area contributed by atoms with E-state index in [2.05, 4.69) is 20.2 Å². The number of rotatable bonds is 7. The van der Waals surface area contributed by atoms with E-state index in [0.29, 0.717) is 34.1 Å². The van der Waals surface area contributed by atoms with Crippen LogP contribution in [0.5, 0.6) is 6.01 Å². The van der Waals surface area contributed by atoms with Crippen LogP contribution in [0, 0.1) is 17.0 Å². The van der Waals surface area contributed by atoms with Gasteiger partial charge in [0.15, 0.2) is 5.82 Å². The molecule has 3 saturated carbocycles. The molecule has 3 aliphatic carbocycles. The Morgan fingerprint density at radius 2 is 1.75 bits per heavy atom. The van der Waals surface area contributed by atoms with Gasteiger partial charge in [-0.05, 0) is 69.5 Å². The van der Waals surface area contributed by atoms with Crippen LogP contribution in [-0.4, -0.2) is 62.3 Å². The van der Waals surface area contributed by atoms with E-state index in [4.69, 9.17) is 9.72 Å². The van der Waals surface area contributed by atoms with Crippen molar-refractivity contribution in [2.24, 2.45) is 5.41 Å². The minimum Gasteiger partial charge on any atom is -0.461 e. The molecule has 9 heteroatoms. The number of benzene rings is 2. The number of nitrogens with zero attached hydrogens (tertiary/aromatic N) is 4. The van der Waals surface area contributed by atoms with Crippen molar-refractivity contribution in [2.75, 3.05) is 31.6 Å². The quantitative estimate of drug-likeness (QED) is 0.320. The SMILES string of the molecule is OCC12CC(Nc3nc(OCC45CCCN4CCC5)nc4c(F)c(-c5cccc6cccc(F)c56)ncc34)(C1)C2. The van der Waals surface area contributed by atoms with Gasteiger partial charge in [-0.15, -0.1) is 0 Å². The van der Waals surface area contributed by atoms with Gasteiger partial charge < -0.3 is 15.2 Å². The second kappa shape index (κ2) is 8.54. The van der Waals surface area contributed by atoms with E-state index in [1.807, 2.05) is 0 Å². The summed E-state index contributed by atoms with van der Waals surface area (Å²) in [6.45, 7) is 2.80. The first-order chi connectivity index (χ1) is 19.4. The van der Waals surface area contributed by atoms with E-state index >= 15 is 4.39 Å². The Morgan fingerprint density at radius 1 is 1.00 bits per heavy atom. The van der Waals surface area contributed by atoms with Gasteiger partial charge in [0, 0.05) is 34.7 Å². The van der Waals surface area contributed by atoms with Crippen molar-refractivity contribution in [1.29, 1.82) is 0 Å². The number of hydrogen-bond acceptors (Lipinski definition) is 7. The summed E-state index contributed by atoms with van der Waals surface area (Å²) >= 11 is 0. The topological polar surface area (TPSA) is 83.4 Å². The Labute approximate surface area is 230 Å². The molecule has 2 aromatic carbocycles. The Balaban J connectivity index is 1.22. The van der Waals surface area contributed by atoms with Crippen LogP contribution in [-0.2, 0) is 0 Å². The number of aliphatic hydroxyl groups is 1. The van der Waals surface area contributed by atoms with Crippen LogP contribution in [0.25, 0.3) is 32.9 Å². The van der Waals surface area contributed by atoms with Gasteiger partial charge in [-0.2, -0.15) is 9.97 Å². The molecule has 0 amide bonds. The molecule has 2 saturated heterocycles. The number of halogens is 2. The van der Waals surface area contributed by atoms with E-state index in [0.717, 1.165) is 58.0 Å². The van der Waals surface area contributed by atoms with Gasteiger partial charge in [0.05, 0.1) is 10.9 Å². The number of aromatic nitrogens is 3. The van der Waals surface area contributed by atoms with Gasteiger partial charge in [-0.3, -0.25) is 9.88 Å². The van der Waals surface area contributed by atoms with Crippen LogP contribution in [0.4, 0.5) is 14.6 Å². The highest BCUT2D eigenvalue weighted by Gasteiger charge is 2.67. The van der Waals surface area contributed by atoms with Crippen LogP contribution >= 0.6 is 0 Å². The smallest absolute Gasteiger partial charge is 0.319 e. The molecule has 0 atom stereocenters. The summed E-state index contributed by atoms with van der Waals surface area (Å²) in [5.41, 5.74) is 0.345. The summed E-state index contributed by atoms with van der Waals surface area (Å²) in [5.74, 6) is -0.572. The molecule has 5 aliphatic rings. The van der Waals surface area contributed by atoms with Gasteiger partial charge >= 0.3 is 6.01 Å². The zero-order chi connectivity index (χ0) is 27.1. The molecule has 0 unspecified atom stereocenters. The molecule has 7 nitrogen and oxygen atoms in total. The van der Waals surface area contributed by atoms with E-state index in [1.54, 1.807) is 36.5 Å². The first kappa shape index (κ1) is 24.4. The lowest BCUT2D eigenvalue weighted by molar-refractivity contribution is -0.146. The molecule has 2 bridgehead atoms. The normalized spacial score (nSPS) is 26.5. The molecule has 2 N–H and O–H groups in total. The zero-order valence-corrected chi connectivity index (χ0v) is 22.2. The minimum absolute atomic E-state index is 0.00215. The summed E-state index contributed by atoms with van der Waals surface area (Å²) in [4.78, 5) is 16.3. The highest BCUT2D eigenvalue weighted by Crippen LogP contribution is 2.68. The summed E-state index contributed by atoms with van der Waals surface area (Å²) < 4.78 is 37.6. The van der Waals surface area contributed by atoms with Gasteiger partial charge in [0.2, 0.25) is 0 Å². The average molecular weight is 544 g/mol. The number of ether oxygens (including phenoxy) is 1. The standard InChI is InChI=1S/C31H31F2N5O2/c32-22-8-2-6-19-5-1-7-20(23(19)22)25-24(33)26-21(13-34-25)27(37-30-14-29(15-30,16-30)17-39)36-28(35-26)40-18-31-9-3-11-38(31)12-4-10-31/h1-2,5-8,13,39H,3-4,9-12,14-18H2,(H,35,36,37). The number of pyridine rings is 1. The zero-order valence-electron chi connectivity index (χ0n) is 22.2. The number of fused-ring (bicyclic) bond motifs is 3. The molecule has 4 aromatic rings. The molecule has 5 fully saturated rings. The Morgan fingerprint density at radius 3 is 2.50 bits per heavy atom. The summed E-state index contributed by atoms with van der Waals surface area (Å²) in [6.07, 6.45) is 8.56. The predicted molar refractivity (Wildman–Crippen MR) is 148 cm³/mol. The maximum atomic E-state index is 16.4. The highest BCUT2D eigenvalue weighted by atomic mass is 19.1. The number of anilines is 1. The third-order valence-corrected chi connectivity index (χ3v) is 9.91. The van der Waals surface area contributed by atoms with Crippen molar-refractivity contribution >= 4 is 27.5 Å². The third kappa shape index (κ3) is 3.50. The average Bonchev–Trinajstić information content (AvgIpc) is 3.50. The van der Waals surface area contributed by atoms with Gasteiger partial charge in [0.1, 0.15) is 29.5 Å². The molecule has 9 rings (SSSR count). The summed E-state index contributed by atoms with van der Waals surface area (Å²) in [7, 11) is 0. The van der Waals surface area contributed by atoms with Crippen molar-refractivity contribution in [3.63, 3.8) is 0 Å². The maximum Gasteiger partial charge on any atom is 0.319 e. The van der Waals surface area contributed by atoms with Gasteiger partial charge in [-0.25, -0.2) is 8.78 Å². The lowest BCUT2D eigenvalue weighted by Gasteiger charge is -2.70. The van der Waals surface area contributed by atoms with Crippen LogP contribution in [0.15, 0.2) is 42.6 Å². The second-order valence-electron chi connectivity index (χ2n) is 12.5. The largest absolute Gasteiger partial charge is 0.461 e. The molecule has 40 heavy (non-hydrogen) atoms. The number of aliphatic hydroxyl groups excluding tert-OH is 1. The maximum absolute atomic E-state index is 16.4. The van der Waals surface area contributed by atoms with Crippen molar-refractivity contribution in [3.05, 3.63) is 54.2 Å². The first-order valence-electron chi connectivity index (χ1n) is 14.2. The lowest BCUT2D eigenvalue weighted by atomic mass is 9.39. The molecular formula is C31H31F2N5O2. The van der Waals surface area contributed by atoms with Crippen LogP contribution in [0.2, 0.25) is 0 Å². The predicted octanol–water partition coefficient (Wildman–Crippen LogP) is 5.46. The highest BCUT2D eigenvalue weighted by molar-refractivity contribution is 5.99. The minimum atomic E-state index is -0.630. The monoisotopic (exact) mass is 543 g/mol. The first-order valence-corrected chi connectivity index (χ1v) is 14.2. The van der Waals surface area contributed by atoms with E-state index in [9.17, 15) is 9.50 Å². The second-order valence-corrected chi connectivity index (χ2v) is 12.5. The van der Waals surface area contributed by atoms with Crippen LogP contribution < -0.4 is 10.1 Å². The Hall–Kier alpha value is -3.43. The number of hydrogen-bond donors (Lipinski definition) is 2. The van der Waals surface area contributed by atoms with Crippen molar-refractivity contribution in [3.8, 4) is 17.3 Å². The molecule has 206 valence electrons. The fourth-order valence-electron chi connectivity index (χ4n) is 8.09. The summed E-state index contributed by atoms with van der Waals surface area (Å²) in [6, 6.07) is 10.2.